The molecule has 0 atom stereocenters. The molecule has 1 aliphatic heterocycles. The first kappa shape index (κ1) is 21.6. The van der Waals surface area contributed by atoms with Gasteiger partial charge in [0.1, 0.15) is 0 Å². The van der Waals surface area contributed by atoms with Crippen molar-refractivity contribution in [2.24, 2.45) is 0 Å². The Kier molecular flexibility index (Phi) is 7.61. The Hall–Kier alpha value is -3.14. The van der Waals surface area contributed by atoms with Crippen molar-refractivity contribution in [3.05, 3.63) is 47.0 Å². The zero-order chi connectivity index (χ0) is 21.3. The number of carbonyl (C=O) groups is 3. The number of amides is 2. The molecule has 0 saturated carbocycles. The number of carbonyl (C=O) groups excluding carboxylic acids is 3. The number of nitrogens with zero attached hydrogens (tertiary/aromatic N) is 3. The van der Waals surface area contributed by atoms with E-state index in [1.807, 2.05) is 30.3 Å². The van der Waals surface area contributed by atoms with E-state index in [0.29, 0.717) is 44.5 Å². The third-order valence-electron chi connectivity index (χ3n) is 4.49. The minimum Gasteiger partial charge on any atom is -0.451 e. The number of nitrogens with one attached hydrogen (secondary N) is 1. The van der Waals surface area contributed by atoms with E-state index in [1.54, 1.807) is 22.1 Å². The van der Waals surface area contributed by atoms with Crippen LogP contribution >= 0.6 is 11.3 Å². The molecule has 0 radical (unpaired) electrons. The smallest absolute Gasteiger partial charge is 0.409 e. The number of piperazine rings is 1. The number of hydrogen-bond donors (Lipinski definition) is 1. The molecule has 2 amide bonds. The van der Waals surface area contributed by atoms with Gasteiger partial charge in [-0.2, -0.15) is 0 Å². The van der Waals surface area contributed by atoms with Gasteiger partial charge in [-0.1, -0.05) is 30.3 Å². The molecule has 1 saturated heterocycles. The predicted molar refractivity (Wildman–Crippen MR) is 111 cm³/mol. The summed E-state index contributed by atoms with van der Waals surface area (Å²) in [4.78, 5) is 43.5. The number of thiazole rings is 1. The fraction of sp³-hybridized carbons (Fsp3) is 0.400. The molecular formula is C20H24N4O5S. The fourth-order valence-electron chi connectivity index (χ4n) is 2.87. The maximum Gasteiger partial charge on any atom is 0.409 e. The summed E-state index contributed by atoms with van der Waals surface area (Å²) in [5.74, 6) is -0.943. The highest BCUT2D eigenvalue weighted by Crippen LogP contribution is 2.17. The molecule has 0 aliphatic carbocycles. The Labute approximate surface area is 178 Å². The Balaban J connectivity index is 1.41. The summed E-state index contributed by atoms with van der Waals surface area (Å²) >= 11 is 1.30. The van der Waals surface area contributed by atoms with Crippen molar-refractivity contribution >= 4 is 34.4 Å². The van der Waals surface area contributed by atoms with E-state index in [-0.39, 0.29) is 24.3 Å². The van der Waals surface area contributed by atoms with Crippen molar-refractivity contribution in [3.8, 4) is 0 Å². The molecule has 1 aromatic heterocycles. The monoisotopic (exact) mass is 432 g/mol. The second-order valence-corrected chi connectivity index (χ2v) is 7.38. The highest BCUT2D eigenvalue weighted by molar-refractivity contribution is 7.13. The molecule has 2 aromatic rings. The predicted octanol–water partition coefficient (Wildman–Crippen LogP) is 2.21. The number of rotatable bonds is 7. The van der Waals surface area contributed by atoms with Crippen LogP contribution < -0.4 is 5.32 Å². The first-order chi connectivity index (χ1) is 14.6. The molecule has 3 rings (SSSR count). The topological polar surface area (TPSA) is 101 Å². The van der Waals surface area contributed by atoms with Gasteiger partial charge in [0.25, 0.3) is 5.91 Å². The van der Waals surface area contributed by atoms with Gasteiger partial charge in [-0.3, -0.25) is 4.79 Å². The van der Waals surface area contributed by atoms with Gasteiger partial charge >= 0.3 is 12.1 Å². The maximum absolute atomic E-state index is 12.3. The van der Waals surface area contributed by atoms with Gasteiger partial charge in [-0.25, -0.2) is 14.6 Å². The van der Waals surface area contributed by atoms with Gasteiger partial charge in [-0.15, -0.1) is 11.3 Å². The summed E-state index contributed by atoms with van der Waals surface area (Å²) < 4.78 is 10.1. The summed E-state index contributed by atoms with van der Waals surface area (Å²) in [5, 5.41) is 5.36. The molecule has 10 heteroatoms. The van der Waals surface area contributed by atoms with E-state index in [4.69, 9.17) is 9.47 Å². The zero-order valence-electron chi connectivity index (χ0n) is 16.7. The molecule has 1 aromatic carbocycles. The lowest BCUT2D eigenvalue weighted by molar-refractivity contribution is -0.136. The van der Waals surface area contributed by atoms with Gasteiger partial charge in [-0.05, 0) is 12.5 Å². The van der Waals surface area contributed by atoms with Crippen molar-refractivity contribution in [1.82, 2.24) is 14.8 Å². The number of anilines is 1. The number of ether oxygens (including phenoxy) is 2. The Bertz CT molecular complexity index is 865. The minimum atomic E-state index is -0.641. The highest BCUT2D eigenvalue weighted by Gasteiger charge is 2.25. The normalized spacial score (nSPS) is 13.6. The zero-order valence-corrected chi connectivity index (χ0v) is 17.5. The van der Waals surface area contributed by atoms with E-state index >= 15 is 0 Å². The lowest BCUT2D eigenvalue weighted by Gasteiger charge is -2.33. The molecule has 160 valence electrons. The van der Waals surface area contributed by atoms with Gasteiger partial charge in [0, 0.05) is 38.1 Å². The largest absolute Gasteiger partial charge is 0.451 e. The van der Waals surface area contributed by atoms with Crippen LogP contribution in [-0.4, -0.2) is 72.1 Å². The van der Waals surface area contributed by atoms with Gasteiger partial charge in [0.15, 0.2) is 17.4 Å². The van der Waals surface area contributed by atoms with Gasteiger partial charge in [0.05, 0.1) is 6.61 Å². The van der Waals surface area contributed by atoms with Crippen LogP contribution in [0.2, 0.25) is 0 Å². The SMILES string of the molecule is CCOC(=O)N1CCN(C(=O)COC(=O)c2csc(NCc3ccccc3)n2)CC1. The van der Waals surface area contributed by atoms with E-state index < -0.39 is 5.97 Å². The molecular weight excluding hydrogens is 408 g/mol. The molecule has 1 aliphatic rings. The number of hydrogen-bond acceptors (Lipinski definition) is 8. The van der Waals surface area contributed by atoms with Crippen molar-refractivity contribution in [1.29, 1.82) is 0 Å². The van der Waals surface area contributed by atoms with Crippen molar-refractivity contribution in [2.75, 3.05) is 44.7 Å². The van der Waals surface area contributed by atoms with Crippen molar-refractivity contribution in [2.45, 2.75) is 13.5 Å². The molecule has 1 fully saturated rings. The third-order valence-corrected chi connectivity index (χ3v) is 5.29. The van der Waals surface area contributed by atoms with Crippen molar-refractivity contribution < 1.29 is 23.9 Å². The first-order valence-corrected chi connectivity index (χ1v) is 10.5. The first-order valence-electron chi connectivity index (χ1n) is 9.66. The van der Waals surface area contributed by atoms with E-state index in [1.165, 1.54) is 11.3 Å². The fourth-order valence-corrected chi connectivity index (χ4v) is 3.55. The van der Waals surface area contributed by atoms with Gasteiger partial charge in [0.2, 0.25) is 0 Å². The molecule has 2 heterocycles. The van der Waals surface area contributed by atoms with Crippen LogP contribution in [0.25, 0.3) is 0 Å². The number of esters is 1. The summed E-state index contributed by atoms with van der Waals surface area (Å²) in [5.41, 5.74) is 1.26. The summed E-state index contributed by atoms with van der Waals surface area (Å²) in [7, 11) is 0. The maximum atomic E-state index is 12.3. The summed E-state index contributed by atoms with van der Waals surface area (Å²) in [6.45, 7) is 3.83. The van der Waals surface area contributed by atoms with Crippen LogP contribution in [0.4, 0.5) is 9.93 Å². The van der Waals surface area contributed by atoms with Crippen LogP contribution in [-0.2, 0) is 20.8 Å². The molecule has 0 bridgehead atoms. The summed E-state index contributed by atoms with van der Waals surface area (Å²) in [6, 6.07) is 9.84. The van der Waals surface area contributed by atoms with Crippen LogP contribution in [0.5, 0.6) is 0 Å². The summed E-state index contributed by atoms with van der Waals surface area (Å²) in [6.07, 6.45) is -0.378. The van der Waals surface area contributed by atoms with E-state index in [9.17, 15) is 14.4 Å². The molecule has 9 nitrogen and oxygen atoms in total. The number of benzene rings is 1. The molecule has 0 unspecified atom stereocenters. The third kappa shape index (κ3) is 5.93. The number of aromatic nitrogens is 1. The van der Waals surface area contributed by atoms with Crippen molar-refractivity contribution in [3.63, 3.8) is 0 Å². The van der Waals surface area contributed by atoms with Gasteiger partial charge < -0.3 is 24.6 Å². The quantitative estimate of drug-likeness (QED) is 0.670. The average molecular weight is 433 g/mol. The van der Waals surface area contributed by atoms with Crippen LogP contribution in [0.1, 0.15) is 23.0 Å². The van der Waals surface area contributed by atoms with Crippen LogP contribution in [0, 0.1) is 0 Å². The second-order valence-electron chi connectivity index (χ2n) is 6.52. The Morgan fingerprint density at radius 3 is 2.47 bits per heavy atom. The van der Waals surface area contributed by atoms with Crippen LogP contribution in [0.3, 0.4) is 0 Å². The second kappa shape index (κ2) is 10.6. The average Bonchev–Trinajstić information content (AvgIpc) is 3.26. The van der Waals surface area contributed by atoms with E-state index in [0.717, 1.165) is 5.56 Å². The Morgan fingerprint density at radius 2 is 1.77 bits per heavy atom. The standard InChI is InChI=1S/C20H24N4O5S/c1-2-28-20(27)24-10-8-23(9-11-24)17(25)13-29-18(26)16-14-30-19(22-16)21-12-15-6-4-3-5-7-15/h3-7,14H,2,8-13H2,1H3,(H,21,22). The lowest BCUT2D eigenvalue weighted by atomic mass is 10.2. The highest BCUT2D eigenvalue weighted by atomic mass is 32.1. The van der Waals surface area contributed by atoms with Crippen LogP contribution in [0.15, 0.2) is 35.7 Å². The minimum absolute atomic E-state index is 0.162. The molecule has 30 heavy (non-hydrogen) atoms. The Morgan fingerprint density at radius 1 is 1.07 bits per heavy atom. The van der Waals surface area contributed by atoms with E-state index in [2.05, 4.69) is 10.3 Å². The molecule has 1 N–H and O–H groups in total. The lowest BCUT2D eigenvalue weighted by Crippen LogP contribution is -2.51. The molecule has 0 spiro atoms.